The van der Waals surface area contributed by atoms with Crippen molar-refractivity contribution in [2.45, 2.75) is 38.5 Å². The smallest absolute Gasteiger partial charge is 0.434 e. The Balaban J connectivity index is 1.33. The number of alkyl halides is 3. The van der Waals surface area contributed by atoms with Gasteiger partial charge in [-0.05, 0) is 61.1 Å². The molecule has 0 radical (unpaired) electrons. The first-order chi connectivity index (χ1) is 19.6. The van der Waals surface area contributed by atoms with Gasteiger partial charge in [0.25, 0.3) is 0 Å². The molecule has 3 heterocycles. The number of carbonyl (C=O) groups is 1. The third-order valence-electron chi connectivity index (χ3n) is 7.26. The summed E-state index contributed by atoms with van der Waals surface area (Å²) >= 11 is 0. The molecule has 0 bridgehead atoms. The van der Waals surface area contributed by atoms with Crippen molar-refractivity contribution < 1.29 is 27.8 Å². The predicted molar refractivity (Wildman–Crippen MR) is 148 cm³/mol. The van der Waals surface area contributed by atoms with Crippen LogP contribution >= 0.6 is 0 Å². The van der Waals surface area contributed by atoms with E-state index in [1.807, 2.05) is 6.92 Å². The third-order valence-corrected chi connectivity index (χ3v) is 7.26. The normalized spacial score (nSPS) is 14.2. The zero-order valence-electron chi connectivity index (χ0n) is 22.4. The summed E-state index contributed by atoms with van der Waals surface area (Å²) in [7, 11) is 0. The molecule has 1 aliphatic heterocycles. The van der Waals surface area contributed by atoms with Crippen LogP contribution in [-0.4, -0.2) is 43.8 Å². The van der Waals surface area contributed by atoms with Crippen LogP contribution in [0.3, 0.4) is 0 Å². The Morgan fingerprint density at radius 3 is 2.41 bits per heavy atom. The van der Waals surface area contributed by atoms with Crippen molar-refractivity contribution in [3.63, 3.8) is 0 Å². The Labute approximate surface area is 235 Å². The number of benzene rings is 2. The number of halogens is 3. The van der Waals surface area contributed by atoms with E-state index in [0.717, 1.165) is 37.2 Å². The van der Waals surface area contributed by atoms with E-state index in [1.54, 1.807) is 30.3 Å². The summed E-state index contributed by atoms with van der Waals surface area (Å²) in [4.78, 5) is 18.1. The number of ether oxygens (including phenoxy) is 1. The molecule has 1 N–H and O–H groups in total. The van der Waals surface area contributed by atoms with Gasteiger partial charge in [-0.2, -0.15) is 18.3 Å². The van der Waals surface area contributed by atoms with E-state index in [-0.39, 0.29) is 5.82 Å². The second-order valence-electron chi connectivity index (χ2n) is 10.0. The van der Waals surface area contributed by atoms with E-state index in [1.165, 1.54) is 17.7 Å². The van der Waals surface area contributed by atoms with Gasteiger partial charge in [0, 0.05) is 24.4 Å². The first-order valence-electron chi connectivity index (χ1n) is 13.2. The van der Waals surface area contributed by atoms with E-state index in [9.17, 15) is 23.1 Å². The van der Waals surface area contributed by atoms with Gasteiger partial charge in [0.2, 0.25) is 0 Å². The lowest BCUT2D eigenvalue weighted by atomic mass is 9.89. The van der Waals surface area contributed by atoms with Gasteiger partial charge in [-0.25, -0.2) is 14.5 Å². The van der Waals surface area contributed by atoms with E-state index in [2.05, 4.69) is 45.8 Å². The topological polar surface area (TPSA) is 80.5 Å². The molecule has 0 amide bonds. The number of carboxylic acid groups (broad SMARTS) is 1. The fraction of sp³-hybridized carbons (Fsp3) is 0.258. The fourth-order valence-corrected chi connectivity index (χ4v) is 5.09. The van der Waals surface area contributed by atoms with E-state index >= 15 is 0 Å². The van der Waals surface area contributed by atoms with Gasteiger partial charge in [0.15, 0.2) is 11.5 Å². The highest BCUT2D eigenvalue weighted by atomic mass is 19.4. The molecule has 2 aromatic carbocycles. The molecular weight excluding hydrogens is 533 g/mol. The number of likely N-dealkylation sites (tertiary alicyclic amines) is 1. The number of para-hydroxylation sites is 1. The summed E-state index contributed by atoms with van der Waals surface area (Å²) in [5.74, 6) is -0.864. The van der Waals surface area contributed by atoms with E-state index < -0.39 is 23.4 Å². The molecule has 1 aliphatic rings. The molecule has 5 rings (SSSR count). The molecule has 212 valence electrons. The third kappa shape index (κ3) is 6.11. The second-order valence-corrected chi connectivity index (χ2v) is 10.0. The van der Waals surface area contributed by atoms with Gasteiger partial charge in [0.05, 0.1) is 11.9 Å². The summed E-state index contributed by atoms with van der Waals surface area (Å²) in [5.41, 5.74) is 1.99. The minimum Gasteiger partial charge on any atom is -0.488 e. The van der Waals surface area contributed by atoms with Crippen molar-refractivity contribution in [2.75, 3.05) is 13.1 Å². The second kappa shape index (κ2) is 11.5. The summed E-state index contributed by atoms with van der Waals surface area (Å²) in [6, 6.07) is 20.0. The molecule has 4 aromatic rings. The standard InChI is InChI=1S/C31H29F3N4O3/c1-20(2)37-16-14-23(15-17-37)22-12-10-21(11-13-22)19-41-27-8-4-3-6-24(27)26-7-5-9-28(36-26)38-29(31(32,33)34)25(18-35-38)30(39)40/h3-13,18,23H,1,14-17,19H2,2H3,(H,39,40). The van der Waals surface area contributed by atoms with Crippen LogP contribution in [0.15, 0.2) is 85.2 Å². The Kier molecular flexibility index (Phi) is 7.83. The quantitative estimate of drug-likeness (QED) is 0.251. The van der Waals surface area contributed by atoms with Crippen LogP contribution in [0.2, 0.25) is 0 Å². The van der Waals surface area contributed by atoms with Crippen molar-refractivity contribution in [3.05, 3.63) is 108 Å². The Morgan fingerprint density at radius 2 is 1.76 bits per heavy atom. The molecule has 1 fully saturated rings. The van der Waals surface area contributed by atoms with Gasteiger partial charge >= 0.3 is 12.1 Å². The van der Waals surface area contributed by atoms with Crippen LogP contribution in [0.4, 0.5) is 13.2 Å². The molecule has 2 aromatic heterocycles. The van der Waals surface area contributed by atoms with Gasteiger partial charge in [-0.1, -0.05) is 49.0 Å². The van der Waals surface area contributed by atoms with Crippen molar-refractivity contribution in [1.29, 1.82) is 0 Å². The SMILES string of the molecule is C=C(C)N1CCC(c2ccc(COc3ccccc3-c3cccc(-n4ncc(C(=O)O)c4C(F)(F)F)n3)cc2)CC1. The molecule has 41 heavy (non-hydrogen) atoms. The number of carboxylic acids is 1. The van der Waals surface area contributed by atoms with E-state index in [4.69, 9.17) is 4.74 Å². The highest BCUT2D eigenvalue weighted by Crippen LogP contribution is 2.35. The van der Waals surface area contributed by atoms with Crippen LogP contribution < -0.4 is 4.74 Å². The fourth-order valence-electron chi connectivity index (χ4n) is 5.09. The lowest BCUT2D eigenvalue weighted by Crippen LogP contribution is -2.31. The van der Waals surface area contributed by atoms with E-state index in [0.29, 0.717) is 40.4 Å². The number of rotatable bonds is 8. The van der Waals surface area contributed by atoms with Crippen LogP contribution in [0.1, 0.15) is 52.9 Å². The lowest BCUT2D eigenvalue weighted by Gasteiger charge is -2.34. The maximum absolute atomic E-state index is 13.7. The Bertz CT molecular complexity index is 1560. The maximum Gasteiger partial charge on any atom is 0.434 e. The zero-order valence-corrected chi connectivity index (χ0v) is 22.4. The van der Waals surface area contributed by atoms with Gasteiger partial charge < -0.3 is 14.7 Å². The molecule has 0 aliphatic carbocycles. The number of piperidine rings is 1. The molecule has 0 atom stereocenters. The Hall–Kier alpha value is -4.60. The first-order valence-corrected chi connectivity index (χ1v) is 13.2. The molecule has 7 nitrogen and oxygen atoms in total. The monoisotopic (exact) mass is 562 g/mol. The minimum atomic E-state index is -4.94. The first kappa shape index (κ1) is 27.9. The van der Waals surface area contributed by atoms with Crippen molar-refractivity contribution >= 4 is 5.97 Å². The van der Waals surface area contributed by atoms with Gasteiger partial charge in [-0.3, -0.25) is 0 Å². The number of nitrogens with zero attached hydrogens (tertiary/aromatic N) is 4. The molecular formula is C31H29F3N4O3. The van der Waals surface area contributed by atoms with Gasteiger partial charge in [-0.15, -0.1) is 0 Å². The number of hydrogen-bond acceptors (Lipinski definition) is 5. The average Bonchev–Trinajstić information content (AvgIpc) is 3.44. The molecule has 0 spiro atoms. The number of allylic oxidation sites excluding steroid dienone is 1. The molecule has 1 saturated heterocycles. The van der Waals surface area contributed by atoms with Gasteiger partial charge in [0.1, 0.15) is 17.9 Å². The average molecular weight is 563 g/mol. The highest BCUT2D eigenvalue weighted by molar-refractivity contribution is 5.89. The largest absolute Gasteiger partial charge is 0.488 e. The minimum absolute atomic E-state index is 0.165. The van der Waals surface area contributed by atoms with Crippen LogP contribution in [0.5, 0.6) is 5.75 Å². The van der Waals surface area contributed by atoms with Crippen LogP contribution in [-0.2, 0) is 12.8 Å². The summed E-state index contributed by atoms with van der Waals surface area (Å²) in [6.45, 7) is 8.40. The predicted octanol–water partition coefficient (Wildman–Crippen LogP) is 6.94. The highest BCUT2D eigenvalue weighted by Gasteiger charge is 2.41. The Morgan fingerprint density at radius 1 is 1.05 bits per heavy atom. The van der Waals surface area contributed by atoms with Crippen LogP contribution in [0.25, 0.3) is 17.1 Å². The summed E-state index contributed by atoms with van der Waals surface area (Å²) < 4.78 is 47.8. The lowest BCUT2D eigenvalue weighted by molar-refractivity contribution is -0.143. The zero-order chi connectivity index (χ0) is 29.1. The number of hydrogen-bond donors (Lipinski definition) is 1. The molecule has 0 unspecified atom stereocenters. The number of pyridine rings is 1. The number of aromatic nitrogens is 3. The van der Waals surface area contributed by atoms with Crippen LogP contribution in [0, 0.1) is 0 Å². The van der Waals surface area contributed by atoms with Crippen molar-refractivity contribution in [1.82, 2.24) is 19.7 Å². The maximum atomic E-state index is 13.7. The van der Waals surface area contributed by atoms with Crippen molar-refractivity contribution in [3.8, 4) is 22.8 Å². The van der Waals surface area contributed by atoms with Crippen molar-refractivity contribution in [2.24, 2.45) is 0 Å². The molecule has 0 saturated carbocycles. The summed E-state index contributed by atoms with van der Waals surface area (Å²) in [5, 5.41) is 12.9. The summed E-state index contributed by atoms with van der Waals surface area (Å²) in [6.07, 6.45) is -2.10. The number of aromatic carboxylic acids is 1. The molecule has 10 heteroatoms.